The summed E-state index contributed by atoms with van der Waals surface area (Å²) in [4.78, 5) is 24.3. The molecule has 4 aromatic rings. The number of tetrazole rings is 1. The first-order valence-electron chi connectivity index (χ1n) is 10.4. The zero-order valence-corrected chi connectivity index (χ0v) is 18.8. The number of aromatic nitrogens is 4. The van der Waals surface area contributed by atoms with Crippen LogP contribution in [-0.4, -0.2) is 44.1 Å². The van der Waals surface area contributed by atoms with Crippen molar-refractivity contribution in [3.8, 4) is 5.69 Å². The van der Waals surface area contributed by atoms with E-state index < -0.39 is 4.92 Å². The van der Waals surface area contributed by atoms with Gasteiger partial charge in [0, 0.05) is 24.1 Å². The second kappa shape index (κ2) is 11.1. The van der Waals surface area contributed by atoms with E-state index in [1.54, 1.807) is 35.0 Å². The van der Waals surface area contributed by atoms with Gasteiger partial charge >= 0.3 is 0 Å². The fraction of sp³-hybridized carbons (Fsp3) is 0.130. The first-order chi connectivity index (χ1) is 16.6. The molecule has 2 N–H and O–H groups in total. The average molecular weight is 476 g/mol. The van der Waals surface area contributed by atoms with Gasteiger partial charge in [0.15, 0.2) is 5.82 Å². The molecule has 0 aliphatic heterocycles. The SMILES string of the molecule is O=C(NCCNc1ccccc1[N+](=O)[O-])c1ccccc1SCc1nnnn1-c1ccccc1. The number of carbonyl (C=O) groups excluding carboxylic acids is 1. The lowest BCUT2D eigenvalue weighted by atomic mass is 10.2. The minimum atomic E-state index is -0.442. The summed E-state index contributed by atoms with van der Waals surface area (Å²) in [6.45, 7) is 0.647. The number of nitro groups is 1. The highest BCUT2D eigenvalue weighted by molar-refractivity contribution is 7.98. The Hall–Kier alpha value is -4.25. The Bertz CT molecular complexity index is 1280. The summed E-state index contributed by atoms with van der Waals surface area (Å²) in [6.07, 6.45) is 0. The molecule has 0 fully saturated rings. The summed E-state index contributed by atoms with van der Waals surface area (Å²) >= 11 is 1.47. The standard InChI is InChI=1S/C23H21N7O3S/c31-23(25-15-14-24-19-11-5-6-12-20(19)30(32)33)18-10-4-7-13-21(18)34-16-22-26-27-28-29(22)17-8-2-1-3-9-17/h1-13,24H,14-16H2,(H,25,31). The second-order valence-electron chi connectivity index (χ2n) is 7.08. The quantitative estimate of drug-likeness (QED) is 0.154. The molecule has 0 aliphatic carbocycles. The van der Waals surface area contributed by atoms with Crippen molar-refractivity contribution in [3.63, 3.8) is 0 Å². The highest BCUT2D eigenvalue weighted by Crippen LogP contribution is 2.26. The van der Waals surface area contributed by atoms with E-state index in [1.165, 1.54) is 17.8 Å². The van der Waals surface area contributed by atoms with E-state index in [0.29, 0.717) is 35.9 Å². The first-order valence-corrected chi connectivity index (χ1v) is 11.4. The summed E-state index contributed by atoms with van der Waals surface area (Å²) in [7, 11) is 0. The van der Waals surface area contributed by atoms with Gasteiger partial charge in [-0.2, -0.15) is 4.68 Å². The lowest BCUT2D eigenvalue weighted by Gasteiger charge is -2.11. The lowest BCUT2D eigenvalue weighted by molar-refractivity contribution is -0.384. The zero-order chi connectivity index (χ0) is 23.8. The molecule has 0 aliphatic rings. The van der Waals surface area contributed by atoms with Gasteiger partial charge in [-0.05, 0) is 40.8 Å². The van der Waals surface area contributed by atoms with Crippen molar-refractivity contribution >= 4 is 29.0 Å². The molecule has 0 spiro atoms. The zero-order valence-electron chi connectivity index (χ0n) is 18.0. The molecule has 34 heavy (non-hydrogen) atoms. The Labute approximate surface area is 199 Å². The predicted octanol–water partition coefficient (Wildman–Crippen LogP) is 3.70. The average Bonchev–Trinajstić information content (AvgIpc) is 3.35. The summed E-state index contributed by atoms with van der Waals surface area (Å²) in [5.41, 5.74) is 1.81. The molecule has 1 aromatic heterocycles. The van der Waals surface area contributed by atoms with Gasteiger partial charge in [0.1, 0.15) is 5.69 Å². The van der Waals surface area contributed by atoms with Gasteiger partial charge in [0.25, 0.3) is 11.6 Å². The minimum Gasteiger partial charge on any atom is -0.378 e. The Balaban J connectivity index is 1.35. The first kappa shape index (κ1) is 22.9. The van der Waals surface area contributed by atoms with Gasteiger partial charge in [0.05, 0.1) is 21.9 Å². The topological polar surface area (TPSA) is 128 Å². The van der Waals surface area contributed by atoms with Gasteiger partial charge < -0.3 is 10.6 Å². The maximum Gasteiger partial charge on any atom is 0.292 e. The Morgan fingerprint density at radius 1 is 0.971 bits per heavy atom. The number of thioether (sulfide) groups is 1. The molecule has 0 saturated heterocycles. The van der Waals surface area contributed by atoms with Crippen LogP contribution < -0.4 is 10.6 Å². The number of rotatable bonds is 10. The molecular weight excluding hydrogens is 454 g/mol. The smallest absolute Gasteiger partial charge is 0.292 e. The molecule has 0 atom stereocenters. The maximum absolute atomic E-state index is 12.8. The third-order valence-electron chi connectivity index (χ3n) is 4.85. The third-order valence-corrected chi connectivity index (χ3v) is 5.92. The number of hydrogen-bond donors (Lipinski definition) is 2. The fourth-order valence-electron chi connectivity index (χ4n) is 3.24. The van der Waals surface area contributed by atoms with Crippen molar-refractivity contribution in [2.75, 3.05) is 18.4 Å². The van der Waals surface area contributed by atoms with E-state index in [0.717, 1.165) is 10.6 Å². The van der Waals surface area contributed by atoms with Crippen LogP contribution in [-0.2, 0) is 5.75 Å². The molecule has 11 heteroatoms. The van der Waals surface area contributed by atoms with Crippen molar-refractivity contribution in [2.45, 2.75) is 10.6 Å². The molecule has 0 unspecified atom stereocenters. The monoisotopic (exact) mass is 475 g/mol. The van der Waals surface area contributed by atoms with Gasteiger partial charge in [-0.1, -0.05) is 42.5 Å². The molecule has 172 valence electrons. The maximum atomic E-state index is 12.8. The Kier molecular flexibility index (Phi) is 7.45. The molecule has 1 heterocycles. The number of nitrogens with zero attached hydrogens (tertiary/aromatic N) is 5. The lowest BCUT2D eigenvalue weighted by Crippen LogP contribution is -2.29. The number of nitrogens with one attached hydrogen (secondary N) is 2. The number of amides is 1. The number of hydrogen-bond acceptors (Lipinski definition) is 8. The van der Waals surface area contributed by atoms with Crippen molar-refractivity contribution in [1.29, 1.82) is 0 Å². The van der Waals surface area contributed by atoms with Crippen LogP contribution >= 0.6 is 11.8 Å². The van der Waals surface area contributed by atoms with Crippen LogP contribution in [0, 0.1) is 10.1 Å². The third kappa shape index (κ3) is 5.56. The number of carbonyl (C=O) groups is 1. The van der Waals surface area contributed by atoms with Crippen LogP contribution in [0.4, 0.5) is 11.4 Å². The number of benzene rings is 3. The van der Waals surface area contributed by atoms with Gasteiger partial charge in [0.2, 0.25) is 0 Å². The van der Waals surface area contributed by atoms with E-state index >= 15 is 0 Å². The molecule has 0 radical (unpaired) electrons. The van der Waals surface area contributed by atoms with Crippen molar-refractivity contribution in [2.24, 2.45) is 0 Å². The van der Waals surface area contributed by atoms with Crippen LogP contribution in [0.15, 0.2) is 83.8 Å². The van der Waals surface area contributed by atoms with E-state index in [2.05, 4.69) is 26.2 Å². The van der Waals surface area contributed by atoms with E-state index in [1.807, 2.05) is 42.5 Å². The second-order valence-corrected chi connectivity index (χ2v) is 8.10. The number of para-hydroxylation sites is 3. The summed E-state index contributed by atoms with van der Waals surface area (Å²) in [5, 5.41) is 28.9. The van der Waals surface area contributed by atoms with Crippen LogP contribution in [0.25, 0.3) is 5.69 Å². The van der Waals surface area contributed by atoms with Crippen LogP contribution in [0.5, 0.6) is 0 Å². The van der Waals surface area contributed by atoms with Crippen LogP contribution in [0.1, 0.15) is 16.2 Å². The van der Waals surface area contributed by atoms with Crippen LogP contribution in [0.3, 0.4) is 0 Å². The molecule has 1 amide bonds. The van der Waals surface area contributed by atoms with Crippen LogP contribution in [0.2, 0.25) is 0 Å². The molecule has 10 nitrogen and oxygen atoms in total. The van der Waals surface area contributed by atoms with Crippen molar-refractivity contribution in [1.82, 2.24) is 25.5 Å². The highest BCUT2D eigenvalue weighted by atomic mass is 32.2. The summed E-state index contributed by atoms with van der Waals surface area (Å²) in [6, 6.07) is 23.3. The fourth-order valence-corrected chi connectivity index (χ4v) is 4.19. The van der Waals surface area contributed by atoms with Gasteiger partial charge in [-0.3, -0.25) is 14.9 Å². The van der Waals surface area contributed by atoms with Gasteiger partial charge in [-0.15, -0.1) is 16.9 Å². The molecular formula is C23H21N7O3S. The number of anilines is 1. The van der Waals surface area contributed by atoms with E-state index in [4.69, 9.17) is 0 Å². The van der Waals surface area contributed by atoms with E-state index in [-0.39, 0.29) is 11.6 Å². The molecule has 0 bridgehead atoms. The van der Waals surface area contributed by atoms with E-state index in [9.17, 15) is 14.9 Å². The van der Waals surface area contributed by atoms with Gasteiger partial charge in [-0.25, -0.2) is 0 Å². The number of nitro benzene ring substituents is 1. The normalized spacial score (nSPS) is 10.6. The predicted molar refractivity (Wildman–Crippen MR) is 129 cm³/mol. The van der Waals surface area contributed by atoms with Crippen molar-refractivity contribution < 1.29 is 9.72 Å². The Morgan fingerprint density at radius 3 is 2.53 bits per heavy atom. The summed E-state index contributed by atoms with van der Waals surface area (Å²) < 4.78 is 1.67. The largest absolute Gasteiger partial charge is 0.378 e. The summed E-state index contributed by atoms with van der Waals surface area (Å²) in [5.74, 6) is 0.918. The minimum absolute atomic E-state index is 0.00610. The molecule has 4 rings (SSSR count). The van der Waals surface area contributed by atoms with Crippen molar-refractivity contribution in [3.05, 3.63) is 100 Å². The Morgan fingerprint density at radius 2 is 1.71 bits per heavy atom. The molecule has 0 saturated carbocycles. The highest BCUT2D eigenvalue weighted by Gasteiger charge is 2.15. The molecule has 3 aromatic carbocycles.